The lowest BCUT2D eigenvalue weighted by Crippen LogP contribution is -2.51. The van der Waals surface area contributed by atoms with Gasteiger partial charge in [0.15, 0.2) is 5.69 Å². The van der Waals surface area contributed by atoms with Crippen LogP contribution in [-0.4, -0.2) is 89.8 Å². The number of fused-ring (bicyclic) bond motifs is 1. The first-order chi connectivity index (χ1) is 18.8. The SMILES string of the molecule is O=C(O)C(F)(F)F.O=C(O)C(F)(F)F.O=C(O)c1coc(Sc2nc(N3CC(O)C3)c3c(Cl)c(C#CCl)[nH]c3n2)n1. The number of carboxylic acids is 3. The second kappa shape index (κ2) is 13.2. The Morgan fingerprint density at radius 2 is 1.59 bits per heavy atom. The number of carbonyl (C=O) groups is 3. The van der Waals surface area contributed by atoms with E-state index in [-0.39, 0.29) is 16.1 Å². The summed E-state index contributed by atoms with van der Waals surface area (Å²) in [6.45, 7) is 0.798. The summed E-state index contributed by atoms with van der Waals surface area (Å²) in [5.74, 6) is -3.54. The summed E-state index contributed by atoms with van der Waals surface area (Å²) in [6.07, 6.45) is -9.58. The fraction of sp³-hybridized carbons (Fsp3) is 0.263. The van der Waals surface area contributed by atoms with Crippen molar-refractivity contribution in [3.8, 4) is 11.3 Å². The van der Waals surface area contributed by atoms with Crippen LogP contribution in [-0.2, 0) is 9.59 Å². The van der Waals surface area contributed by atoms with Gasteiger partial charge in [-0.1, -0.05) is 11.6 Å². The zero-order valence-corrected chi connectivity index (χ0v) is 21.5. The fourth-order valence-corrected chi connectivity index (χ4v) is 3.56. The Hall–Kier alpha value is -3.93. The summed E-state index contributed by atoms with van der Waals surface area (Å²) in [5.41, 5.74) is 0.602. The summed E-state index contributed by atoms with van der Waals surface area (Å²) in [5, 5.41) is 36.3. The molecular formula is C19H11Cl2F6N5O8S. The van der Waals surface area contributed by atoms with Crippen LogP contribution in [0, 0.1) is 11.3 Å². The molecule has 0 aliphatic carbocycles. The molecule has 1 saturated heterocycles. The number of anilines is 1. The van der Waals surface area contributed by atoms with Crippen LogP contribution in [0.15, 0.2) is 21.1 Å². The van der Waals surface area contributed by atoms with Gasteiger partial charge in [-0.3, -0.25) is 0 Å². The minimum absolute atomic E-state index is 0.0831. The van der Waals surface area contributed by atoms with E-state index in [2.05, 4.69) is 31.2 Å². The fourth-order valence-electron chi connectivity index (χ4n) is 2.54. The minimum Gasteiger partial charge on any atom is -0.476 e. The number of nitrogens with zero attached hydrogens (tertiary/aromatic N) is 4. The highest BCUT2D eigenvalue weighted by Gasteiger charge is 2.39. The molecule has 4 heterocycles. The van der Waals surface area contributed by atoms with Gasteiger partial charge in [0, 0.05) is 30.2 Å². The predicted octanol–water partition coefficient (Wildman–Crippen LogP) is 3.44. The second-order valence-corrected chi connectivity index (χ2v) is 8.64. The van der Waals surface area contributed by atoms with E-state index in [0.717, 1.165) is 18.0 Å². The number of H-pyrrole nitrogens is 1. The van der Waals surface area contributed by atoms with E-state index in [9.17, 15) is 36.2 Å². The Bertz CT molecular complexity index is 1490. The number of nitrogens with one attached hydrogen (secondary N) is 1. The number of aliphatic hydroxyl groups excluding tert-OH is 1. The highest BCUT2D eigenvalue weighted by molar-refractivity contribution is 7.98. The van der Waals surface area contributed by atoms with Crippen LogP contribution < -0.4 is 4.90 Å². The molecule has 0 bridgehead atoms. The van der Waals surface area contributed by atoms with Gasteiger partial charge in [0.2, 0.25) is 5.16 Å². The van der Waals surface area contributed by atoms with Crippen LogP contribution in [0.2, 0.25) is 5.02 Å². The number of aliphatic hydroxyl groups is 1. The molecule has 1 fully saturated rings. The van der Waals surface area contributed by atoms with Crippen molar-refractivity contribution >= 4 is 69.7 Å². The number of halogens is 8. The van der Waals surface area contributed by atoms with Crippen molar-refractivity contribution in [2.45, 2.75) is 28.8 Å². The third-order valence-electron chi connectivity index (χ3n) is 4.25. The molecule has 0 unspecified atom stereocenters. The number of carboxylic acid groups (broad SMARTS) is 3. The third-order valence-corrected chi connectivity index (χ3v) is 5.45. The van der Waals surface area contributed by atoms with E-state index < -0.39 is 36.4 Å². The van der Waals surface area contributed by atoms with Gasteiger partial charge in [-0.2, -0.15) is 31.3 Å². The number of rotatable bonds is 4. The van der Waals surface area contributed by atoms with Gasteiger partial charge in [-0.25, -0.2) is 24.4 Å². The average Bonchev–Trinajstić information content (AvgIpc) is 3.41. The van der Waals surface area contributed by atoms with Crippen molar-refractivity contribution in [3.05, 3.63) is 22.7 Å². The standard InChI is InChI=1S/C15H9Cl2N5O4S.2C2HF3O2/c16-2-1-7-10(17)9-11(18-7)20-14(21-12(9)22-3-6(23)4-22)27-15-19-8(5-26-15)13(24)25;2*3-2(4,5)1(6)7/h5-6,23H,3-4H2,(H,24,25)(H,18,20,21);2*(H,6,7). The number of hydrogen-bond acceptors (Lipinski definition) is 10. The minimum atomic E-state index is -5.08. The summed E-state index contributed by atoms with van der Waals surface area (Å²) in [6, 6.07) is 0. The van der Waals surface area contributed by atoms with Gasteiger partial charge in [0.05, 0.1) is 16.5 Å². The van der Waals surface area contributed by atoms with Crippen molar-refractivity contribution in [2.24, 2.45) is 0 Å². The summed E-state index contributed by atoms with van der Waals surface area (Å²) < 4.78 is 68.6. The van der Waals surface area contributed by atoms with Crippen LogP contribution in [0.4, 0.5) is 32.2 Å². The van der Waals surface area contributed by atoms with Crippen molar-refractivity contribution in [1.29, 1.82) is 0 Å². The molecule has 0 aromatic carbocycles. The molecule has 1 aliphatic heterocycles. The monoisotopic (exact) mass is 653 g/mol. The summed E-state index contributed by atoms with van der Waals surface area (Å²) in [4.78, 5) is 46.2. The quantitative estimate of drug-likeness (QED) is 0.156. The lowest BCUT2D eigenvalue weighted by atomic mass is 10.1. The van der Waals surface area contributed by atoms with Gasteiger partial charge < -0.3 is 34.7 Å². The van der Waals surface area contributed by atoms with E-state index in [0.29, 0.717) is 40.7 Å². The molecule has 5 N–H and O–H groups in total. The first-order valence-corrected chi connectivity index (χ1v) is 11.5. The number of aromatic amines is 1. The van der Waals surface area contributed by atoms with Crippen molar-refractivity contribution < 1.29 is 65.6 Å². The zero-order chi connectivity index (χ0) is 31.3. The Labute approximate surface area is 236 Å². The normalized spacial score (nSPS) is 13.1. The molecule has 0 amide bonds. The van der Waals surface area contributed by atoms with Crippen molar-refractivity contribution in [2.75, 3.05) is 18.0 Å². The first kappa shape index (κ1) is 33.3. The number of hydrogen-bond donors (Lipinski definition) is 5. The van der Waals surface area contributed by atoms with Gasteiger partial charge >= 0.3 is 30.3 Å². The molecule has 4 rings (SSSR count). The van der Waals surface area contributed by atoms with Gasteiger partial charge in [0.1, 0.15) is 23.4 Å². The molecule has 41 heavy (non-hydrogen) atoms. The lowest BCUT2D eigenvalue weighted by Gasteiger charge is -2.37. The molecule has 0 saturated carbocycles. The van der Waals surface area contributed by atoms with Crippen LogP contribution in [0.1, 0.15) is 16.2 Å². The van der Waals surface area contributed by atoms with Crippen LogP contribution >= 0.6 is 35.0 Å². The van der Waals surface area contributed by atoms with Gasteiger partial charge in [-0.15, -0.1) is 0 Å². The molecule has 0 radical (unpaired) electrons. The largest absolute Gasteiger partial charge is 0.490 e. The van der Waals surface area contributed by atoms with Gasteiger partial charge in [-0.05, 0) is 17.5 Å². The molecule has 22 heteroatoms. The maximum absolute atomic E-state index is 10.9. The second-order valence-electron chi connectivity index (χ2n) is 7.16. The summed E-state index contributed by atoms with van der Waals surface area (Å²) in [7, 11) is 0. The van der Waals surface area contributed by atoms with E-state index in [1.54, 1.807) is 0 Å². The Morgan fingerprint density at radius 1 is 1.05 bits per heavy atom. The number of aromatic carboxylic acids is 1. The predicted molar refractivity (Wildman–Crippen MR) is 125 cm³/mol. The highest BCUT2D eigenvalue weighted by atomic mass is 35.5. The van der Waals surface area contributed by atoms with Crippen molar-refractivity contribution in [3.63, 3.8) is 0 Å². The Morgan fingerprint density at radius 3 is 2.00 bits per heavy atom. The maximum atomic E-state index is 10.9. The molecular weight excluding hydrogens is 643 g/mol. The smallest absolute Gasteiger partial charge is 0.476 e. The number of aliphatic carboxylic acids is 2. The van der Waals surface area contributed by atoms with E-state index in [1.807, 2.05) is 4.90 Å². The zero-order valence-electron chi connectivity index (χ0n) is 19.2. The molecule has 0 atom stereocenters. The number of oxazole rings is 1. The molecule has 222 valence electrons. The van der Waals surface area contributed by atoms with E-state index in [1.165, 1.54) is 0 Å². The Kier molecular flexibility index (Phi) is 10.7. The number of β-amino-alcohol motifs (C(OH)–C–C–N with tert-alkyl or cyclic N) is 1. The number of alkyl halides is 6. The summed E-state index contributed by atoms with van der Waals surface area (Å²) >= 11 is 12.8. The van der Waals surface area contributed by atoms with E-state index in [4.69, 9.17) is 52.5 Å². The maximum Gasteiger partial charge on any atom is 0.490 e. The topological polar surface area (TPSA) is 203 Å². The van der Waals surface area contributed by atoms with Crippen LogP contribution in [0.5, 0.6) is 0 Å². The van der Waals surface area contributed by atoms with Crippen LogP contribution in [0.25, 0.3) is 11.0 Å². The molecule has 0 spiro atoms. The van der Waals surface area contributed by atoms with Gasteiger partial charge in [0.25, 0.3) is 5.22 Å². The molecule has 3 aromatic heterocycles. The van der Waals surface area contributed by atoms with Crippen LogP contribution in [0.3, 0.4) is 0 Å². The first-order valence-electron chi connectivity index (χ1n) is 9.95. The number of aromatic nitrogens is 4. The molecule has 1 aliphatic rings. The average molecular weight is 654 g/mol. The third kappa shape index (κ3) is 9.04. The molecule has 3 aromatic rings. The Balaban J connectivity index is 0.000000349. The lowest BCUT2D eigenvalue weighted by molar-refractivity contribution is -0.193. The molecule has 13 nitrogen and oxygen atoms in total. The van der Waals surface area contributed by atoms with E-state index >= 15 is 0 Å². The van der Waals surface area contributed by atoms with Crippen molar-refractivity contribution in [1.82, 2.24) is 19.9 Å². The highest BCUT2D eigenvalue weighted by Crippen LogP contribution is 2.37.